The highest BCUT2D eigenvalue weighted by atomic mass is 16.7. The van der Waals surface area contributed by atoms with E-state index < -0.39 is 6.29 Å². The summed E-state index contributed by atoms with van der Waals surface area (Å²) in [6.07, 6.45) is 1.61. The van der Waals surface area contributed by atoms with E-state index in [1.165, 1.54) is 6.26 Å². The normalized spacial score (nSPS) is 25.8. The largest absolute Gasteiger partial charge is 0.464 e. The molecule has 0 unspecified atom stereocenters. The third-order valence-electron chi connectivity index (χ3n) is 3.52. The van der Waals surface area contributed by atoms with Crippen LogP contribution in [0.4, 0.5) is 0 Å². The van der Waals surface area contributed by atoms with Gasteiger partial charge in [0.05, 0.1) is 22.7 Å². The zero-order chi connectivity index (χ0) is 14.3. The van der Waals surface area contributed by atoms with E-state index in [0.717, 1.165) is 6.42 Å². The highest BCUT2D eigenvalue weighted by Crippen LogP contribution is 2.34. The van der Waals surface area contributed by atoms with Crippen LogP contribution in [0.2, 0.25) is 0 Å². The van der Waals surface area contributed by atoms with Crippen molar-refractivity contribution in [2.24, 2.45) is 0 Å². The summed E-state index contributed by atoms with van der Waals surface area (Å²) < 4.78 is 17.2. The van der Waals surface area contributed by atoms with Gasteiger partial charge in [0.1, 0.15) is 11.8 Å². The van der Waals surface area contributed by atoms with Crippen LogP contribution in [0.1, 0.15) is 39.0 Å². The molecule has 0 aliphatic carbocycles. The first-order chi connectivity index (χ1) is 9.46. The number of fused-ring (bicyclic) bond motifs is 1. The molecule has 0 spiro atoms. The molecule has 2 aromatic rings. The summed E-state index contributed by atoms with van der Waals surface area (Å²) in [5.41, 5.74) is 0.579. The maximum Gasteiger partial charge on any atom is 0.200 e. The molecule has 4 heteroatoms. The van der Waals surface area contributed by atoms with Crippen LogP contribution in [0.25, 0.3) is 11.0 Å². The van der Waals surface area contributed by atoms with Crippen molar-refractivity contribution in [2.75, 3.05) is 0 Å². The second kappa shape index (κ2) is 4.72. The van der Waals surface area contributed by atoms with Crippen LogP contribution < -0.4 is 5.43 Å². The van der Waals surface area contributed by atoms with E-state index >= 15 is 0 Å². The third-order valence-corrected chi connectivity index (χ3v) is 3.52. The number of rotatable bonds is 1. The zero-order valence-electron chi connectivity index (χ0n) is 11.9. The summed E-state index contributed by atoms with van der Waals surface area (Å²) in [5.74, 6) is 0. The monoisotopic (exact) mass is 274 g/mol. The Bertz CT molecular complexity index is 686. The highest BCUT2D eigenvalue weighted by molar-refractivity contribution is 5.76. The minimum Gasteiger partial charge on any atom is -0.464 e. The fraction of sp³-hybridized carbons (Fsp3) is 0.438. The van der Waals surface area contributed by atoms with Crippen LogP contribution in [0.5, 0.6) is 0 Å². The molecule has 0 saturated carbocycles. The van der Waals surface area contributed by atoms with Crippen molar-refractivity contribution < 1.29 is 13.9 Å². The van der Waals surface area contributed by atoms with Crippen molar-refractivity contribution in [2.45, 2.75) is 45.2 Å². The van der Waals surface area contributed by atoms with Crippen LogP contribution in [-0.4, -0.2) is 11.7 Å². The van der Waals surface area contributed by atoms with Crippen molar-refractivity contribution in [1.82, 2.24) is 0 Å². The van der Waals surface area contributed by atoms with Crippen molar-refractivity contribution in [3.05, 3.63) is 46.3 Å². The summed E-state index contributed by atoms with van der Waals surface area (Å²) in [6.45, 7) is 5.99. The van der Waals surface area contributed by atoms with Gasteiger partial charge in [0.15, 0.2) is 6.29 Å². The van der Waals surface area contributed by atoms with Gasteiger partial charge in [0, 0.05) is 6.42 Å². The summed E-state index contributed by atoms with van der Waals surface area (Å²) >= 11 is 0. The van der Waals surface area contributed by atoms with Gasteiger partial charge in [-0.25, -0.2) is 0 Å². The second-order valence-corrected chi connectivity index (χ2v) is 5.88. The molecule has 1 saturated heterocycles. The molecular weight excluding hydrogens is 256 g/mol. The first kappa shape index (κ1) is 13.3. The Morgan fingerprint density at radius 2 is 2.00 bits per heavy atom. The minimum absolute atomic E-state index is 0.0367. The van der Waals surface area contributed by atoms with E-state index in [4.69, 9.17) is 13.9 Å². The molecule has 0 bridgehead atoms. The quantitative estimate of drug-likeness (QED) is 0.799. The molecule has 2 heterocycles. The molecule has 0 radical (unpaired) electrons. The number of para-hydroxylation sites is 1. The second-order valence-electron chi connectivity index (χ2n) is 5.88. The number of hydrogen-bond acceptors (Lipinski definition) is 4. The fourth-order valence-corrected chi connectivity index (χ4v) is 2.71. The highest BCUT2D eigenvalue weighted by Gasteiger charge is 2.35. The lowest BCUT2D eigenvalue weighted by atomic mass is 9.99. The van der Waals surface area contributed by atoms with Crippen LogP contribution in [0, 0.1) is 0 Å². The molecular formula is C16H18O4. The van der Waals surface area contributed by atoms with Crippen LogP contribution in [0.15, 0.2) is 39.7 Å². The summed E-state index contributed by atoms with van der Waals surface area (Å²) in [6, 6.07) is 7.18. The van der Waals surface area contributed by atoms with Crippen molar-refractivity contribution >= 4 is 11.0 Å². The van der Waals surface area contributed by atoms with Gasteiger partial charge in [-0.2, -0.15) is 0 Å². The molecule has 0 amide bonds. The van der Waals surface area contributed by atoms with Gasteiger partial charge in [-0.1, -0.05) is 12.1 Å². The molecule has 20 heavy (non-hydrogen) atoms. The third kappa shape index (κ3) is 2.37. The van der Waals surface area contributed by atoms with Gasteiger partial charge in [-0.3, -0.25) is 4.79 Å². The standard InChI is InChI=1S/C16H18O4/c1-10-8-16(2,3)20-15(19-10)12-9-18-13-7-5-4-6-11(13)14(12)17/h4-7,9-10,15H,8H2,1-3H3/t10-,15-/m0/s1. The average molecular weight is 274 g/mol. The lowest BCUT2D eigenvalue weighted by Crippen LogP contribution is -2.40. The smallest absolute Gasteiger partial charge is 0.200 e. The maximum atomic E-state index is 12.5. The predicted molar refractivity (Wildman–Crippen MR) is 75.6 cm³/mol. The summed E-state index contributed by atoms with van der Waals surface area (Å²) in [7, 11) is 0. The first-order valence-corrected chi connectivity index (χ1v) is 6.80. The lowest BCUT2D eigenvalue weighted by Gasteiger charge is -2.39. The van der Waals surface area contributed by atoms with Crippen molar-refractivity contribution in [1.29, 1.82) is 0 Å². The Morgan fingerprint density at radius 3 is 2.75 bits per heavy atom. The Hall–Kier alpha value is -1.65. The van der Waals surface area contributed by atoms with E-state index in [1.54, 1.807) is 12.1 Å². The molecule has 1 aliphatic heterocycles. The molecule has 106 valence electrons. The Morgan fingerprint density at radius 1 is 1.25 bits per heavy atom. The van der Waals surface area contributed by atoms with E-state index in [0.29, 0.717) is 16.5 Å². The topological polar surface area (TPSA) is 48.7 Å². The predicted octanol–water partition coefficient (Wildman–Crippen LogP) is 3.40. The van der Waals surface area contributed by atoms with Gasteiger partial charge >= 0.3 is 0 Å². The van der Waals surface area contributed by atoms with Crippen LogP contribution in [-0.2, 0) is 9.47 Å². The Kier molecular flexibility index (Phi) is 3.15. The van der Waals surface area contributed by atoms with Crippen LogP contribution in [0.3, 0.4) is 0 Å². The molecule has 4 nitrogen and oxygen atoms in total. The maximum absolute atomic E-state index is 12.5. The van der Waals surface area contributed by atoms with E-state index in [9.17, 15) is 4.79 Å². The van der Waals surface area contributed by atoms with Gasteiger partial charge in [-0.15, -0.1) is 0 Å². The number of ether oxygens (including phenoxy) is 2. The molecule has 2 atom stereocenters. The SMILES string of the molecule is C[C@H]1CC(C)(C)O[C@@H](c2coc3ccccc3c2=O)O1. The lowest BCUT2D eigenvalue weighted by molar-refractivity contribution is -0.274. The minimum atomic E-state index is -0.672. The summed E-state index contributed by atoms with van der Waals surface area (Å²) in [4.78, 5) is 12.5. The van der Waals surface area contributed by atoms with Crippen molar-refractivity contribution in [3.8, 4) is 0 Å². The zero-order valence-corrected chi connectivity index (χ0v) is 11.9. The molecule has 0 N–H and O–H groups in total. The van der Waals surface area contributed by atoms with E-state index in [-0.39, 0.29) is 17.1 Å². The first-order valence-electron chi connectivity index (χ1n) is 6.80. The van der Waals surface area contributed by atoms with Crippen molar-refractivity contribution in [3.63, 3.8) is 0 Å². The molecule has 1 aromatic heterocycles. The molecule has 1 aromatic carbocycles. The molecule has 3 rings (SSSR count). The fourth-order valence-electron chi connectivity index (χ4n) is 2.71. The van der Waals surface area contributed by atoms with E-state index in [1.807, 2.05) is 32.9 Å². The number of hydrogen-bond donors (Lipinski definition) is 0. The van der Waals surface area contributed by atoms with Crippen LogP contribution >= 0.6 is 0 Å². The van der Waals surface area contributed by atoms with Gasteiger partial charge in [0.25, 0.3) is 0 Å². The van der Waals surface area contributed by atoms with Gasteiger partial charge in [-0.05, 0) is 32.9 Å². The average Bonchev–Trinajstić information content (AvgIpc) is 2.37. The van der Waals surface area contributed by atoms with Gasteiger partial charge in [0.2, 0.25) is 5.43 Å². The van der Waals surface area contributed by atoms with E-state index in [2.05, 4.69) is 0 Å². The van der Waals surface area contributed by atoms with Gasteiger partial charge < -0.3 is 13.9 Å². The summed E-state index contributed by atoms with van der Waals surface area (Å²) in [5, 5.41) is 0.549. The Labute approximate surface area is 117 Å². The Balaban J connectivity index is 2.06. The number of benzene rings is 1. The molecule has 1 aliphatic rings. The molecule has 1 fully saturated rings.